The van der Waals surface area contributed by atoms with Gasteiger partial charge in [-0.15, -0.1) is 0 Å². The van der Waals surface area contributed by atoms with E-state index in [4.69, 9.17) is 0 Å². The van der Waals surface area contributed by atoms with E-state index < -0.39 is 26.6 Å². The Morgan fingerprint density at radius 3 is 2.33 bits per heavy atom. The van der Waals surface area contributed by atoms with Gasteiger partial charge in [-0.3, -0.25) is 9.52 Å². The number of fused-ring (bicyclic) bond motifs is 1. The second-order valence-electron chi connectivity index (χ2n) is 6.93. The molecule has 0 aliphatic carbocycles. The minimum Gasteiger partial charge on any atom is -0.308 e. The second kappa shape index (κ2) is 7.87. The molecule has 0 saturated carbocycles. The van der Waals surface area contributed by atoms with Crippen molar-refractivity contribution in [2.45, 2.75) is 17.7 Å². The Hall–Kier alpha value is -3.26. The Balaban J connectivity index is 1.69. The van der Waals surface area contributed by atoms with Gasteiger partial charge in [-0.1, -0.05) is 30.3 Å². The number of nitrogens with one attached hydrogen (secondary N) is 1. The molecule has 5 nitrogen and oxygen atoms in total. The smallest absolute Gasteiger partial charge is 0.267 e. The van der Waals surface area contributed by atoms with Crippen LogP contribution in [-0.4, -0.2) is 20.9 Å². The fourth-order valence-electron chi connectivity index (χ4n) is 3.53. The molecule has 4 rings (SSSR count). The molecule has 154 valence electrons. The van der Waals surface area contributed by atoms with Gasteiger partial charge in [0.2, 0.25) is 0 Å². The molecule has 0 atom stereocenters. The first kappa shape index (κ1) is 20.0. The number of halogens is 2. The zero-order valence-corrected chi connectivity index (χ0v) is 16.6. The number of hydrogen-bond acceptors (Lipinski definition) is 3. The maximum Gasteiger partial charge on any atom is 0.267 e. The lowest BCUT2D eigenvalue weighted by Gasteiger charge is -2.30. The maximum absolute atomic E-state index is 14.0. The summed E-state index contributed by atoms with van der Waals surface area (Å²) >= 11 is 0. The zero-order chi connectivity index (χ0) is 21.3. The van der Waals surface area contributed by atoms with Crippen molar-refractivity contribution in [2.24, 2.45) is 0 Å². The Morgan fingerprint density at radius 2 is 1.63 bits per heavy atom. The number of aryl methyl sites for hydroxylation is 1. The molecule has 0 saturated heterocycles. The fourth-order valence-corrected chi connectivity index (χ4v) is 4.72. The van der Waals surface area contributed by atoms with Gasteiger partial charge in [0.25, 0.3) is 15.9 Å². The molecule has 0 fully saturated rings. The summed E-state index contributed by atoms with van der Waals surface area (Å²) in [7, 11) is -4.49. The van der Waals surface area contributed by atoms with E-state index >= 15 is 0 Å². The molecule has 3 aromatic carbocycles. The molecule has 30 heavy (non-hydrogen) atoms. The summed E-state index contributed by atoms with van der Waals surface area (Å²) in [5.74, 6) is -2.56. The predicted octanol–water partition coefficient (Wildman–Crippen LogP) is 4.36. The third-order valence-electron chi connectivity index (χ3n) is 4.91. The first-order valence-corrected chi connectivity index (χ1v) is 10.8. The van der Waals surface area contributed by atoms with E-state index in [1.807, 2.05) is 6.07 Å². The third-order valence-corrected chi connectivity index (χ3v) is 6.34. The van der Waals surface area contributed by atoms with Gasteiger partial charge in [-0.25, -0.2) is 17.2 Å². The molecule has 1 aliphatic rings. The van der Waals surface area contributed by atoms with Gasteiger partial charge >= 0.3 is 0 Å². The highest BCUT2D eigenvalue weighted by Crippen LogP contribution is 2.32. The summed E-state index contributed by atoms with van der Waals surface area (Å²) < 4.78 is 55.3. The summed E-state index contributed by atoms with van der Waals surface area (Å²) in [6.07, 6.45) is 1.51. The second-order valence-corrected chi connectivity index (χ2v) is 8.55. The van der Waals surface area contributed by atoms with Crippen molar-refractivity contribution in [3.8, 4) is 0 Å². The van der Waals surface area contributed by atoms with Gasteiger partial charge in [0.1, 0.15) is 11.6 Å². The van der Waals surface area contributed by atoms with Crippen molar-refractivity contribution < 1.29 is 22.0 Å². The normalized spacial score (nSPS) is 13.6. The van der Waals surface area contributed by atoms with Crippen LogP contribution < -0.4 is 9.62 Å². The lowest BCUT2D eigenvalue weighted by molar-refractivity contribution is 0.0985. The van der Waals surface area contributed by atoms with Crippen LogP contribution in [0.4, 0.5) is 20.2 Å². The number of rotatable bonds is 4. The first-order valence-electron chi connectivity index (χ1n) is 9.33. The van der Waals surface area contributed by atoms with E-state index in [1.165, 1.54) is 12.1 Å². The van der Waals surface area contributed by atoms with Crippen molar-refractivity contribution in [3.63, 3.8) is 0 Å². The Labute approximate surface area is 173 Å². The van der Waals surface area contributed by atoms with Crippen molar-refractivity contribution in [1.82, 2.24) is 0 Å². The van der Waals surface area contributed by atoms with E-state index in [0.29, 0.717) is 17.8 Å². The molecule has 0 bridgehead atoms. The van der Waals surface area contributed by atoms with Crippen LogP contribution in [0.3, 0.4) is 0 Å². The number of nitrogens with zero attached hydrogens (tertiary/aromatic N) is 1. The van der Waals surface area contributed by atoms with Gasteiger partial charge in [0.05, 0.1) is 5.69 Å². The zero-order valence-electron chi connectivity index (χ0n) is 15.8. The summed E-state index contributed by atoms with van der Waals surface area (Å²) in [6.45, 7) is 0.485. The lowest BCUT2D eigenvalue weighted by atomic mass is 10.00. The molecule has 1 aliphatic heterocycles. The van der Waals surface area contributed by atoms with Crippen LogP contribution in [0.15, 0.2) is 71.6 Å². The molecule has 8 heteroatoms. The van der Waals surface area contributed by atoms with Crippen molar-refractivity contribution in [2.75, 3.05) is 16.2 Å². The Bertz CT molecular complexity index is 1190. The van der Waals surface area contributed by atoms with Gasteiger partial charge < -0.3 is 4.90 Å². The van der Waals surface area contributed by atoms with Gasteiger partial charge in [-0.2, -0.15) is 0 Å². The Kier molecular flexibility index (Phi) is 5.26. The number of carbonyl (C=O) groups excluding carboxylic acids is 1. The summed E-state index contributed by atoms with van der Waals surface area (Å²) in [5, 5.41) is 0. The molecule has 0 unspecified atom stereocenters. The van der Waals surface area contributed by atoms with Crippen LogP contribution in [-0.2, 0) is 16.4 Å². The van der Waals surface area contributed by atoms with Crippen LogP contribution >= 0.6 is 0 Å². The number of amides is 1. The standard InChI is InChI=1S/C22H18F2N2O3S/c23-18-9-4-10-19(24)21(18)30(28,29)25-17-12-11-15-8-5-13-26(20(15)14-17)22(27)16-6-2-1-3-7-16/h1-4,6-7,9-12,14,25H,5,8,13H2. The van der Waals surface area contributed by atoms with Crippen LogP contribution in [0.5, 0.6) is 0 Å². The van der Waals surface area contributed by atoms with Crippen LogP contribution in [0.1, 0.15) is 22.3 Å². The summed E-state index contributed by atoms with van der Waals surface area (Å²) in [5.41, 5.74) is 2.10. The topological polar surface area (TPSA) is 66.5 Å². The van der Waals surface area contributed by atoms with Crippen molar-refractivity contribution in [3.05, 3.63) is 89.5 Å². The third kappa shape index (κ3) is 3.78. The molecule has 1 N–H and O–H groups in total. The highest BCUT2D eigenvalue weighted by atomic mass is 32.2. The molecule has 3 aromatic rings. The quantitative estimate of drug-likeness (QED) is 0.672. The average molecular weight is 428 g/mol. The highest BCUT2D eigenvalue weighted by Gasteiger charge is 2.27. The Morgan fingerprint density at radius 1 is 0.933 bits per heavy atom. The molecule has 1 amide bonds. The molecule has 0 spiro atoms. The van der Waals surface area contributed by atoms with Crippen LogP contribution in [0, 0.1) is 11.6 Å². The summed E-state index contributed by atoms with van der Waals surface area (Å²) in [6, 6.07) is 16.4. The lowest BCUT2D eigenvalue weighted by Crippen LogP contribution is -2.35. The van der Waals surface area contributed by atoms with E-state index in [9.17, 15) is 22.0 Å². The fraction of sp³-hybridized carbons (Fsp3) is 0.136. The summed E-state index contributed by atoms with van der Waals surface area (Å²) in [4.78, 5) is 13.5. The monoisotopic (exact) mass is 428 g/mol. The highest BCUT2D eigenvalue weighted by molar-refractivity contribution is 7.92. The average Bonchev–Trinajstić information content (AvgIpc) is 2.73. The molecular weight excluding hydrogens is 410 g/mol. The number of hydrogen-bond donors (Lipinski definition) is 1. The van der Waals surface area contributed by atoms with Crippen molar-refractivity contribution >= 4 is 27.3 Å². The van der Waals surface area contributed by atoms with E-state index in [0.717, 1.165) is 36.6 Å². The number of anilines is 2. The van der Waals surface area contributed by atoms with E-state index in [1.54, 1.807) is 35.2 Å². The molecule has 1 heterocycles. The van der Waals surface area contributed by atoms with Crippen LogP contribution in [0.2, 0.25) is 0 Å². The molecule has 0 aromatic heterocycles. The maximum atomic E-state index is 14.0. The van der Waals surface area contributed by atoms with Gasteiger partial charge in [0, 0.05) is 17.8 Å². The molecular formula is C22H18F2N2O3S. The largest absolute Gasteiger partial charge is 0.308 e. The number of carbonyl (C=O) groups is 1. The van der Waals surface area contributed by atoms with E-state index in [2.05, 4.69) is 4.72 Å². The van der Waals surface area contributed by atoms with Gasteiger partial charge in [0.15, 0.2) is 4.90 Å². The SMILES string of the molecule is O=C(c1ccccc1)N1CCCc2ccc(NS(=O)(=O)c3c(F)cccc3F)cc21. The van der Waals surface area contributed by atoms with Crippen LogP contribution in [0.25, 0.3) is 0 Å². The first-order chi connectivity index (χ1) is 14.4. The predicted molar refractivity (Wildman–Crippen MR) is 110 cm³/mol. The molecule has 0 radical (unpaired) electrons. The van der Waals surface area contributed by atoms with Crippen molar-refractivity contribution in [1.29, 1.82) is 0 Å². The number of sulfonamides is 1. The van der Waals surface area contributed by atoms with Gasteiger partial charge in [-0.05, 0) is 54.8 Å². The number of benzene rings is 3. The van der Waals surface area contributed by atoms with E-state index in [-0.39, 0.29) is 11.6 Å². The minimum atomic E-state index is -4.49. The minimum absolute atomic E-state index is 0.115.